The van der Waals surface area contributed by atoms with E-state index in [1.165, 1.54) is 67.8 Å². The molecule has 1 aliphatic heterocycles. The molecular formula is C33H36N6O10S2. The van der Waals surface area contributed by atoms with Gasteiger partial charge in [0, 0.05) is 23.4 Å². The van der Waals surface area contributed by atoms with Gasteiger partial charge in [-0.2, -0.15) is 0 Å². The number of anilines is 3. The average Bonchev–Trinajstić information content (AvgIpc) is 3.05. The van der Waals surface area contributed by atoms with Crippen LogP contribution in [-0.2, 0) is 39.2 Å². The zero-order valence-corrected chi connectivity index (χ0v) is 29.1. The largest absolute Gasteiger partial charge is 0.497 e. The van der Waals surface area contributed by atoms with Crippen molar-refractivity contribution in [1.29, 1.82) is 0 Å². The number of aliphatic carboxylic acids is 1. The zero-order valence-electron chi connectivity index (χ0n) is 27.5. The number of nitrogens with zero attached hydrogens (tertiary/aromatic N) is 2. The molecule has 1 heterocycles. The number of hydrogen-bond donors (Lipinski definition) is 5. The van der Waals surface area contributed by atoms with Gasteiger partial charge in [-0.1, -0.05) is 24.3 Å². The van der Waals surface area contributed by atoms with Crippen molar-refractivity contribution in [2.75, 3.05) is 40.7 Å². The van der Waals surface area contributed by atoms with E-state index in [4.69, 9.17) is 26.1 Å². The van der Waals surface area contributed by atoms with E-state index >= 15 is 0 Å². The first-order chi connectivity index (χ1) is 24.1. The molecule has 0 radical (unpaired) electrons. The smallest absolute Gasteiger partial charge is 0.300 e. The molecular weight excluding hydrogens is 705 g/mol. The summed E-state index contributed by atoms with van der Waals surface area (Å²) in [4.78, 5) is 45.3. The van der Waals surface area contributed by atoms with Gasteiger partial charge in [-0.05, 0) is 73.6 Å². The Labute approximate surface area is 294 Å². The first kappa shape index (κ1) is 38.1. The molecule has 270 valence electrons. The van der Waals surface area contributed by atoms with Crippen LogP contribution < -0.4 is 35.4 Å². The van der Waals surface area contributed by atoms with Crippen LogP contribution in [0.2, 0.25) is 0 Å². The standard InChI is InChI=1S/C31H32N6O8S2.C2H4O2/c1-45-21-8-12-23(13-9-21)47(43,44)37(19-30(33)39)28-15-14-27(24-4-2-3-5-25(24)28)36(18-29(32)38)46(41,42)22-10-6-20(7-11-22)35-31(40)26-16-17-34-26;1-2(3)4/h2-15,26,34H,16-19H2,1H3,(H2,32,38)(H2,33,39)(H,35,40);1H3,(H,3,4)/t26-;/m1./s1. The summed E-state index contributed by atoms with van der Waals surface area (Å²) < 4.78 is 62.5. The van der Waals surface area contributed by atoms with E-state index in [-0.39, 0.29) is 43.9 Å². The van der Waals surface area contributed by atoms with Crippen molar-refractivity contribution in [3.05, 3.63) is 84.9 Å². The number of carbonyl (C=O) groups is 4. The molecule has 16 nitrogen and oxygen atoms in total. The Morgan fingerprint density at radius 2 is 1.20 bits per heavy atom. The number of ether oxygens (including phenoxy) is 1. The third-order valence-corrected chi connectivity index (χ3v) is 11.1. The van der Waals surface area contributed by atoms with Gasteiger partial charge in [0.15, 0.2) is 0 Å². The van der Waals surface area contributed by atoms with Crippen LogP contribution in [0, 0.1) is 0 Å². The number of nitrogens with two attached hydrogens (primary N) is 2. The van der Waals surface area contributed by atoms with Crippen LogP contribution in [0.5, 0.6) is 5.75 Å². The minimum Gasteiger partial charge on any atom is -0.497 e. The fourth-order valence-corrected chi connectivity index (χ4v) is 7.94. The fraction of sp³-hybridized carbons (Fsp3) is 0.212. The maximum atomic E-state index is 14.0. The Bertz CT molecular complexity index is 2150. The summed E-state index contributed by atoms with van der Waals surface area (Å²) in [5.74, 6) is -2.54. The molecule has 0 aliphatic carbocycles. The highest BCUT2D eigenvalue weighted by Crippen LogP contribution is 2.38. The van der Waals surface area contributed by atoms with E-state index in [2.05, 4.69) is 10.6 Å². The minimum atomic E-state index is -4.44. The number of sulfonamides is 2. The van der Waals surface area contributed by atoms with Gasteiger partial charge in [0.1, 0.15) is 18.8 Å². The summed E-state index contributed by atoms with van der Waals surface area (Å²) >= 11 is 0. The Balaban J connectivity index is 0.00000138. The number of nitrogens with one attached hydrogen (secondary N) is 2. The molecule has 7 N–H and O–H groups in total. The summed E-state index contributed by atoms with van der Waals surface area (Å²) in [6.45, 7) is 0.357. The van der Waals surface area contributed by atoms with Crippen LogP contribution in [0.4, 0.5) is 17.1 Å². The number of benzene rings is 4. The lowest BCUT2D eigenvalue weighted by atomic mass is 10.1. The van der Waals surface area contributed by atoms with Crippen LogP contribution in [0.3, 0.4) is 0 Å². The molecule has 0 spiro atoms. The van der Waals surface area contributed by atoms with E-state index < -0.39 is 50.9 Å². The Hall–Kier alpha value is -5.72. The quantitative estimate of drug-likeness (QED) is 0.132. The molecule has 1 aliphatic rings. The molecule has 1 saturated heterocycles. The normalized spacial score (nSPS) is 13.9. The summed E-state index contributed by atoms with van der Waals surface area (Å²) in [5, 5.41) is 13.6. The molecule has 4 aromatic carbocycles. The molecule has 4 aromatic rings. The fourth-order valence-electron chi connectivity index (χ4n) is 5.04. The van der Waals surface area contributed by atoms with Crippen molar-refractivity contribution in [2.45, 2.75) is 29.2 Å². The topological polar surface area (TPSA) is 249 Å². The number of carbonyl (C=O) groups excluding carboxylic acids is 3. The van der Waals surface area contributed by atoms with Crippen molar-refractivity contribution in [3.63, 3.8) is 0 Å². The van der Waals surface area contributed by atoms with E-state index in [0.717, 1.165) is 22.1 Å². The molecule has 0 aromatic heterocycles. The van der Waals surface area contributed by atoms with Crippen molar-refractivity contribution in [3.8, 4) is 5.75 Å². The van der Waals surface area contributed by atoms with Crippen molar-refractivity contribution in [2.24, 2.45) is 11.5 Å². The summed E-state index contributed by atoms with van der Waals surface area (Å²) in [6, 6.07) is 19.7. The number of rotatable bonds is 13. The van der Waals surface area contributed by atoms with E-state index in [0.29, 0.717) is 17.9 Å². The van der Waals surface area contributed by atoms with Gasteiger partial charge >= 0.3 is 0 Å². The number of carboxylic acids is 1. The lowest BCUT2D eigenvalue weighted by Gasteiger charge is -2.28. The van der Waals surface area contributed by atoms with Crippen molar-refractivity contribution in [1.82, 2.24) is 5.32 Å². The number of carboxylic acid groups (broad SMARTS) is 1. The predicted molar refractivity (Wildman–Crippen MR) is 189 cm³/mol. The van der Waals surface area contributed by atoms with E-state index in [1.807, 2.05) is 0 Å². The number of hydrogen-bond acceptors (Lipinski definition) is 10. The van der Waals surface area contributed by atoms with Crippen LogP contribution in [0.25, 0.3) is 10.8 Å². The molecule has 0 saturated carbocycles. The maximum absolute atomic E-state index is 14.0. The van der Waals surface area contributed by atoms with E-state index in [9.17, 15) is 31.2 Å². The Kier molecular flexibility index (Phi) is 11.9. The average molecular weight is 741 g/mol. The first-order valence-corrected chi connectivity index (χ1v) is 18.1. The molecule has 51 heavy (non-hydrogen) atoms. The second-order valence-corrected chi connectivity index (χ2v) is 14.8. The highest BCUT2D eigenvalue weighted by molar-refractivity contribution is 7.93. The SMILES string of the molecule is CC(=O)O.COc1ccc(S(=O)(=O)N(CC(N)=O)c2ccc(N(CC(N)=O)S(=O)(=O)c3ccc(NC(=O)[C@H]4CCN4)cc3)c3ccccc23)cc1. The highest BCUT2D eigenvalue weighted by Gasteiger charge is 2.32. The van der Waals surface area contributed by atoms with Crippen molar-refractivity contribution < 1.29 is 45.9 Å². The third kappa shape index (κ3) is 8.91. The van der Waals surface area contributed by atoms with Gasteiger partial charge in [-0.3, -0.25) is 27.8 Å². The number of amides is 3. The molecule has 18 heteroatoms. The predicted octanol–water partition coefficient (Wildman–Crippen LogP) is 1.60. The number of primary amides is 2. The van der Waals surface area contributed by atoms with Gasteiger partial charge in [0.05, 0.1) is 34.3 Å². The lowest BCUT2D eigenvalue weighted by molar-refractivity contribution is -0.134. The second kappa shape index (κ2) is 15.9. The number of fused-ring (bicyclic) bond motifs is 1. The molecule has 1 atom stereocenters. The van der Waals surface area contributed by atoms with Gasteiger partial charge < -0.3 is 31.9 Å². The summed E-state index contributed by atoms with van der Waals surface area (Å²) in [7, 11) is -7.37. The van der Waals surface area contributed by atoms with Gasteiger partial charge in [-0.15, -0.1) is 0 Å². The van der Waals surface area contributed by atoms with Crippen LogP contribution in [0.15, 0.2) is 94.7 Å². The maximum Gasteiger partial charge on any atom is 0.300 e. The van der Waals surface area contributed by atoms with Crippen LogP contribution >= 0.6 is 0 Å². The monoisotopic (exact) mass is 740 g/mol. The minimum absolute atomic E-state index is 0.0254. The summed E-state index contributed by atoms with van der Waals surface area (Å²) in [5.41, 5.74) is 11.4. The number of methoxy groups -OCH3 is 1. The van der Waals surface area contributed by atoms with Gasteiger partial charge in [-0.25, -0.2) is 16.8 Å². The molecule has 0 unspecified atom stereocenters. The highest BCUT2D eigenvalue weighted by atomic mass is 32.2. The molecule has 1 fully saturated rings. The second-order valence-electron chi connectivity index (χ2n) is 11.1. The van der Waals surface area contributed by atoms with Crippen LogP contribution in [0.1, 0.15) is 13.3 Å². The first-order valence-electron chi connectivity index (χ1n) is 15.2. The third-order valence-electron chi connectivity index (χ3n) is 7.51. The van der Waals surface area contributed by atoms with Crippen molar-refractivity contribution >= 4 is 71.6 Å². The molecule has 0 bridgehead atoms. The lowest BCUT2D eigenvalue weighted by Crippen LogP contribution is -2.50. The zero-order chi connectivity index (χ0) is 37.5. The molecule has 5 rings (SSSR count). The van der Waals surface area contributed by atoms with Gasteiger partial charge in [0.2, 0.25) is 17.7 Å². The Morgan fingerprint density at radius 3 is 1.55 bits per heavy atom. The van der Waals surface area contributed by atoms with Gasteiger partial charge in [0.25, 0.3) is 26.0 Å². The van der Waals surface area contributed by atoms with E-state index in [1.54, 1.807) is 24.3 Å². The van der Waals surface area contributed by atoms with Crippen LogP contribution in [-0.4, -0.2) is 78.4 Å². The molecule has 3 amide bonds. The summed E-state index contributed by atoms with van der Waals surface area (Å²) in [6.07, 6.45) is 0.695. The Morgan fingerprint density at radius 1 is 0.784 bits per heavy atom.